The van der Waals surface area contributed by atoms with Crippen LogP contribution in [-0.2, 0) is 0 Å². The average molecular weight is 277 g/mol. The molecule has 18 heavy (non-hydrogen) atoms. The summed E-state index contributed by atoms with van der Waals surface area (Å²) in [6.07, 6.45) is 0. The van der Waals surface area contributed by atoms with Crippen molar-refractivity contribution in [2.24, 2.45) is 0 Å². The summed E-state index contributed by atoms with van der Waals surface area (Å²) in [5.41, 5.74) is -0.0495. The van der Waals surface area contributed by atoms with E-state index in [4.69, 9.17) is 4.74 Å². The summed E-state index contributed by atoms with van der Waals surface area (Å²) in [7, 11) is 1.41. The fraction of sp³-hybridized carbons (Fsp3) is 0.417. The van der Waals surface area contributed by atoms with Crippen molar-refractivity contribution < 1.29 is 13.9 Å². The van der Waals surface area contributed by atoms with Crippen LogP contribution >= 0.6 is 12.4 Å². The van der Waals surface area contributed by atoms with Crippen LogP contribution in [-0.4, -0.2) is 32.7 Å². The molecule has 1 rings (SSSR count). The predicted molar refractivity (Wildman–Crippen MR) is 71.1 cm³/mol. The van der Waals surface area contributed by atoms with Crippen molar-refractivity contribution in [3.05, 3.63) is 29.6 Å². The third kappa shape index (κ3) is 4.50. The molecule has 0 saturated heterocycles. The molecule has 1 aromatic rings. The molecule has 0 spiro atoms. The van der Waals surface area contributed by atoms with Crippen molar-refractivity contribution in [2.45, 2.75) is 6.92 Å². The molecule has 0 unspecified atom stereocenters. The first-order chi connectivity index (χ1) is 8.20. The SMILES string of the molecule is CCNCCNC(=O)c1c(F)cccc1OC.Cl. The summed E-state index contributed by atoms with van der Waals surface area (Å²) in [6.45, 7) is 3.91. The Labute approximate surface area is 112 Å². The number of halogens is 2. The third-order valence-corrected chi connectivity index (χ3v) is 2.26. The number of amides is 1. The summed E-state index contributed by atoms with van der Waals surface area (Å²) in [5.74, 6) is -0.797. The van der Waals surface area contributed by atoms with E-state index in [1.54, 1.807) is 6.07 Å². The lowest BCUT2D eigenvalue weighted by molar-refractivity contribution is 0.0946. The smallest absolute Gasteiger partial charge is 0.258 e. The number of rotatable bonds is 6. The van der Waals surface area contributed by atoms with Gasteiger partial charge < -0.3 is 15.4 Å². The average Bonchev–Trinajstić information content (AvgIpc) is 2.34. The highest BCUT2D eigenvalue weighted by molar-refractivity contribution is 5.97. The molecule has 6 heteroatoms. The molecule has 0 aliphatic carbocycles. The maximum atomic E-state index is 13.5. The molecular weight excluding hydrogens is 259 g/mol. The highest BCUT2D eigenvalue weighted by Crippen LogP contribution is 2.20. The lowest BCUT2D eigenvalue weighted by Crippen LogP contribution is -2.32. The monoisotopic (exact) mass is 276 g/mol. The zero-order valence-corrected chi connectivity index (χ0v) is 11.3. The largest absolute Gasteiger partial charge is 0.496 e. The highest BCUT2D eigenvalue weighted by Gasteiger charge is 2.16. The summed E-state index contributed by atoms with van der Waals surface area (Å²) in [6, 6.07) is 4.30. The summed E-state index contributed by atoms with van der Waals surface area (Å²) in [4.78, 5) is 11.7. The normalized spacial score (nSPS) is 9.50. The van der Waals surface area contributed by atoms with Crippen molar-refractivity contribution in [3.63, 3.8) is 0 Å². The summed E-state index contributed by atoms with van der Waals surface area (Å²) >= 11 is 0. The topological polar surface area (TPSA) is 50.4 Å². The van der Waals surface area contributed by atoms with Gasteiger partial charge in [-0.25, -0.2) is 4.39 Å². The highest BCUT2D eigenvalue weighted by atomic mass is 35.5. The fourth-order valence-electron chi connectivity index (χ4n) is 1.42. The molecule has 102 valence electrons. The first kappa shape index (κ1) is 16.7. The minimum absolute atomic E-state index is 0. The third-order valence-electron chi connectivity index (χ3n) is 2.26. The molecular formula is C12H18ClFN2O2. The van der Waals surface area contributed by atoms with Crippen molar-refractivity contribution in [2.75, 3.05) is 26.7 Å². The van der Waals surface area contributed by atoms with E-state index >= 15 is 0 Å². The number of benzene rings is 1. The Morgan fingerprint density at radius 2 is 2.11 bits per heavy atom. The van der Waals surface area contributed by atoms with Crippen molar-refractivity contribution in [1.29, 1.82) is 0 Å². The van der Waals surface area contributed by atoms with Gasteiger partial charge in [-0.2, -0.15) is 0 Å². The molecule has 1 amide bonds. The van der Waals surface area contributed by atoms with Crippen molar-refractivity contribution in [3.8, 4) is 5.75 Å². The zero-order valence-electron chi connectivity index (χ0n) is 10.5. The molecule has 2 N–H and O–H groups in total. The van der Waals surface area contributed by atoms with Gasteiger partial charge >= 0.3 is 0 Å². The maximum absolute atomic E-state index is 13.5. The second kappa shape index (κ2) is 8.72. The van der Waals surface area contributed by atoms with Gasteiger partial charge in [-0.1, -0.05) is 13.0 Å². The van der Waals surface area contributed by atoms with Crippen LogP contribution in [0.2, 0.25) is 0 Å². The fourth-order valence-corrected chi connectivity index (χ4v) is 1.42. The molecule has 0 fully saturated rings. The number of methoxy groups -OCH3 is 1. The van der Waals surface area contributed by atoms with E-state index < -0.39 is 11.7 Å². The van der Waals surface area contributed by atoms with E-state index in [9.17, 15) is 9.18 Å². The maximum Gasteiger partial charge on any atom is 0.258 e. The van der Waals surface area contributed by atoms with Gasteiger partial charge in [0.05, 0.1) is 7.11 Å². The Balaban J connectivity index is 0.00000289. The van der Waals surface area contributed by atoms with Gasteiger partial charge in [0.15, 0.2) is 0 Å². The van der Waals surface area contributed by atoms with Crippen LogP contribution in [0.1, 0.15) is 17.3 Å². The molecule has 0 aliphatic rings. The summed E-state index contributed by atoms with van der Waals surface area (Å²) < 4.78 is 18.5. The first-order valence-corrected chi connectivity index (χ1v) is 5.52. The number of carbonyl (C=O) groups excluding carboxylic acids is 1. The Hall–Kier alpha value is -1.33. The van der Waals surface area contributed by atoms with E-state index in [2.05, 4.69) is 10.6 Å². The van der Waals surface area contributed by atoms with Crippen LogP contribution in [0.3, 0.4) is 0 Å². The minimum Gasteiger partial charge on any atom is -0.496 e. The van der Waals surface area contributed by atoms with E-state index in [0.717, 1.165) is 6.54 Å². The number of carbonyl (C=O) groups is 1. The lowest BCUT2D eigenvalue weighted by atomic mass is 10.1. The number of likely N-dealkylation sites (N-methyl/N-ethyl adjacent to an activating group) is 1. The van der Waals surface area contributed by atoms with Crippen LogP contribution in [0.15, 0.2) is 18.2 Å². The van der Waals surface area contributed by atoms with Gasteiger partial charge in [0.25, 0.3) is 5.91 Å². The number of hydrogen-bond acceptors (Lipinski definition) is 3. The Morgan fingerprint density at radius 3 is 2.72 bits per heavy atom. The van der Waals surface area contributed by atoms with Gasteiger partial charge in [0.1, 0.15) is 17.1 Å². The van der Waals surface area contributed by atoms with E-state index in [0.29, 0.717) is 13.1 Å². The molecule has 1 aromatic carbocycles. The van der Waals surface area contributed by atoms with Gasteiger partial charge in [-0.15, -0.1) is 12.4 Å². The Kier molecular flexibility index (Phi) is 8.07. The van der Waals surface area contributed by atoms with Crippen LogP contribution in [0.5, 0.6) is 5.75 Å². The quantitative estimate of drug-likeness (QED) is 0.776. The van der Waals surface area contributed by atoms with Gasteiger partial charge in [-0.05, 0) is 18.7 Å². The standard InChI is InChI=1S/C12H17FN2O2.ClH/c1-3-14-7-8-15-12(16)11-9(13)5-4-6-10(11)17-2;/h4-6,14H,3,7-8H2,1-2H3,(H,15,16);1H. The second-order valence-electron chi connectivity index (χ2n) is 3.43. The van der Waals surface area contributed by atoms with Crippen LogP contribution < -0.4 is 15.4 Å². The number of nitrogens with one attached hydrogen (secondary N) is 2. The van der Waals surface area contributed by atoms with Gasteiger partial charge in [0.2, 0.25) is 0 Å². The van der Waals surface area contributed by atoms with E-state index in [1.807, 2.05) is 6.92 Å². The van der Waals surface area contributed by atoms with Crippen molar-refractivity contribution in [1.82, 2.24) is 10.6 Å². The van der Waals surface area contributed by atoms with Crippen LogP contribution in [0.4, 0.5) is 4.39 Å². The van der Waals surface area contributed by atoms with Gasteiger partial charge in [-0.3, -0.25) is 4.79 Å². The molecule has 0 aliphatic heterocycles. The lowest BCUT2D eigenvalue weighted by Gasteiger charge is -2.10. The number of hydrogen-bond donors (Lipinski definition) is 2. The number of ether oxygens (including phenoxy) is 1. The molecule has 0 radical (unpaired) electrons. The molecule has 0 saturated carbocycles. The minimum atomic E-state index is -0.578. The second-order valence-corrected chi connectivity index (χ2v) is 3.43. The van der Waals surface area contributed by atoms with Gasteiger partial charge in [0, 0.05) is 13.1 Å². The Bertz CT molecular complexity index is 388. The molecule has 0 atom stereocenters. The van der Waals surface area contributed by atoms with Crippen LogP contribution in [0.25, 0.3) is 0 Å². The van der Waals surface area contributed by atoms with E-state index in [-0.39, 0.29) is 23.7 Å². The van der Waals surface area contributed by atoms with E-state index in [1.165, 1.54) is 19.2 Å². The van der Waals surface area contributed by atoms with Crippen LogP contribution in [0, 0.1) is 5.82 Å². The zero-order chi connectivity index (χ0) is 12.7. The molecule has 0 bridgehead atoms. The molecule has 0 aromatic heterocycles. The first-order valence-electron chi connectivity index (χ1n) is 5.52. The Morgan fingerprint density at radius 1 is 1.39 bits per heavy atom. The van der Waals surface area contributed by atoms with Crippen molar-refractivity contribution >= 4 is 18.3 Å². The predicted octanol–water partition coefficient (Wildman–Crippen LogP) is 1.60. The molecule has 0 heterocycles. The molecule has 4 nitrogen and oxygen atoms in total. The summed E-state index contributed by atoms with van der Waals surface area (Å²) in [5, 5.41) is 5.69.